The van der Waals surface area contributed by atoms with Crippen LogP contribution in [-0.2, 0) is 18.4 Å². The molecule has 2 heterocycles. The molecule has 0 spiro atoms. The van der Waals surface area contributed by atoms with Gasteiger partial charge in [0.2, 0.25) is 5.91 Å². The molecular formula is C13H16N4O2S. The minimum atomic E-state index is -0.158. The number of rotatable bonds is 5. The van der Waals surface area contributed by atoms with Crippen molar-refractivity contribution in [3.63, 3.8) is 0 Å². The quantitative estimate of drug-likeness (QED) is 0.887. The van der Waals surface area contributed by atoms with Gasteiger partial charge in [-0.25, -0.2) is 9.48 Å². The van der Waals surface area contributed by atoms with E-state index in [9.17, 15) is 9.59 Å². The van der Waals surface area contributed by atoms with Gasteiger partial charge in [0, 0.05) is 19.5 Å². The highest BCUT2D eigenvalue weighted by molar-refractivity contribution is 7.13. The minimum Gasteiger partial charge on any atom is -0.354 e. The molecule has 1 N–H and O–H groups in total. The van der Waals surface area contributed by atoms with Crippen LogP contribution >= 0.6 is 11.3 Å². The SMILES string of the molecule is Cn1c(-c2cccs2)nn(CCNC(=O)C2CC2)c1=O. The van der Waals surface area contributed by atoms with Crippen LogP contribution in [0.1, 0.15) is 12.8 Å². The summed E-state index contributed by atoms with van der Waals surface area (Å²) in [4.78, 5) is 24.5. The lowest BCUT2D eigenvalue weighted by Gasteiger charge is -2.02. The fourth-order valence-electron chi connectivity index (χ4n) is 2.03. The van der Waals surface area contributed by atoms with Gasteiger partial charge in [-0.2, -0.15) is 0 Å². The summed E-state index contributed by atoms with van der Waals surface area (Å²) < 4.78 is 2.94. The highest BCUT2D eigenvalue weighted by Gasteiger charge is 2.29. The second-order valence-electron chi connectivity index (χ2n) is 4.93. The predicted molar refractivity (Wildman–Crippen MR) is 76.5 cm³/mol. The number of aromatic nitrogens is 3. The first-order valence-corrected chi connectivity index (χ1v) is 7.50. The smallest absolute Gasteiger partial charge is 0.346 e. The molecule has 2 aromatic heterocycles. The van der Waals surface area contributed by atoms with Crippen LogP contribution in [0.25, 0.3) is 10.7 Å². The van der Waals surface area contributed by atoms with E-state index in [1.165, 1.54) is 9.25 Å². The molecule has 0 unspecified atom stereocenters. The van der Waals surface area contributed by atoms with E-state index >= 15 is 0 Å². The summed E-state index contributed by atoms with van der Waals surface area (Å²) in [5.74, 6) is 0.947. The second-order valence-corrected chi connectivity index (χ2v) is 5.88. The van der Waals surface area contributed by atoms with Crippen molar-refractivity contribution in [1.29, 1.82) is 0 Å². The van der Waals surface area contributed by atoms with Gasteiger partial charge in [0.05, 0.1) is 11.4 Å². The number of carbonyl (C=O) groups is 1. The van der Waals surface area contributed by atoms with Crippen molar-refractivity contribution < 1.29 is 4.79 Å². The van der Waals surface area contributed by atoms with Crippen LogP contribution in [-0.4, -0.2) is 26.8 Å². The lowest BCUT2D eigenvalue weighted by Crippen LogP contribution is -2.32. The molecule has 1 aliphatic carbocycles. The zero-order chi connectivity index (χ0) is 14.1. The molecule has 0 aliphatic heterocycles. The highest BCUT2D eigenvalue weighted by Crippen LogP contribution is 2.28. The largest absolute Gasteiger partial charge is 0.354 e. The second kappa shape index (κ2) is 5.24. The summed E-state index contributed by atoms with van der Waals surface area (Å²) >= 11 is 1.55. The Morgan fingerprint density at radius 1 is 1.55 bits per heavy atom. The molecular weight excluding hydrogens is 276 g/mol. The molecule has 1 fully saturated rings. The van der Waals surface area contributed by atoms with Crippen molar-refractivity contribution in [2.75, 3.05) is 6.54 Å². The first kappa shape index (κ1) is 13.1. The Morgan fingerprint density at radius 2 is 2.35 bits per heavy atom. The molecule has 0 bridgehead atoms. The van der Waals surface area contributed by atoms with Gasteiger partial charge in [0.25, 0.3) is 0 Å². The van der Waals surface area contributed by atoms with Crippen LogP contribution in [0.15, 0.2) is 22.3 Å². The van der Waals surface area contributed by atoms with Crippen LogP contribution in [0.5, 0.6) is 0 Å². The maximum absolute atomic E-state index is 12.1. The van der Waals surface area contributed by atoms with Gasteiger partial charge in [-0.3, -0.25) is 9.36 Å². The third-order valence-corrected chi connectivity index (χ3v) is 4.22. The first-order chi connectivity index (χ1) is 9.66. The summed E-state index contributed by atoms with van der Waals surface area (Å²) in [5.41, 5.74) is -0.158. The third-order valence-electron chi connectivity index (χ3n) is 3.35. The summed E-state index contributed by atoms with van der Waals surface area (Å²) in [7, 11) is 1.71. The molecule has 1 aliphatic rings. The van der Waals surface area contributed by atoms with Crippen LogP contribution < -0.4 is 11.0 Å². The minimum absolute atomic E-state index is 0.0902. The highest BCUT2D eigenvalue weighted by atomic mass is 32.1. The molecule has 0 radical (unpaired) electrons. The molecule has 6 nitrogen and oxygen atoms in total. The zero-order valence-electron chi connectivity index (χ0n) is 11.2. The molecule has 3 rings (SSSR count). The van der Waals surface area contributed by atoms with Crippen LogP contribution in [0.3, 0.4) is 0 Å². The molecule has 0 atom stereocenters. The average Bonchev–Trinajstić information content (AvgIpc) is 3.09. The summed E-state index contributed by atoms with van der Waals surface area (Å²) in [5, 5.41) is 9.13. The van der Waals surface area contributed by atoms with Crippen molar-refractivity contribution in [2.24, 2.45) is 13.0 Å². The molecule has 20 heavy (non-hydrogen) atoms. The number of hydrogen-bond acceptors (Lipinski definition) is 4. The number of nitrogens with zero attached hydrogens (tertiary/aromatic N) is 3. The molecule has 0 aromatic carbocycles. The van der Waals surface area contributed by atoms with E-state index in [4.69, 9.17) is 0 Å². The summed E-state index contributed by atoms with van der Waals surface area (Å²) in [6, 6.07) is 3.87. The topological polar surface area (TPSA) is 68.9 Å². The van der Waals surface area contributed by atoms with Crippen molar-refractivity contribution in [1.82, 2.24) is 19.7 Å². The fraction of sp³-hybridized carbons (Fsp3) is 0.462. The molecule has 1 amide bonds. The molecule has 7 heteroatoms. The standard InChI is InChI=1S/C13H16N4O2S/c1-16-11(10-3-2-8-20-10)15-17(13(16)19)7-6-14-12(18)9-4-5-9/h2-3,8-9H,4-7H2,1H3,(H,14,18). The van der Waals surface area contributed by atoms with Crippen molar-refractivity contribution >= 4 is 17.2 Å². The van der Waals surface area contributed by atoms with Gasteiger partial charge >= 0.3 is 5.69 Å². The molecule has 0 saturated heterocycles. The van der Waals surface area contributed by atoms with Gasteiger partial charge in [-0.05, 0) is 24.3 Å². The molecule has 2 aromatic rings. The Kier molecular flexibility index (Phi) is 3.43. The monoisotopic (exact) mass is 292 g/mol. The van der Waals surface area contributed by atoms with Crippen molar-refractivity contribution in [3.05, 3.63) is 28.0 Å². The van der Waals surface area contributed by atoms with Crippen LogP contribution in [0.4, 0.5) is 0 Å². The van der Waals surface area contributed by atoms with Gasteiger partial charge in [-0.15, -0.1) is 16.4 Å². The van der Waals surface area contributed by atoms with E-state index in [1.54, 1.807) is 18.4 Å². The van der Waals surface area contributed by atoms with E-state index in [-0.39, 0.29) is 17.5 Å². The number of amides is 1. The Morgan fingerprint density at radius 3 is 3.00 bits per heavy atom. The van der Waals surface area contributed by atoms with Crippen molar-refractivity contribution in [3.8, 4) is 10.7 Å². The van der Waals surface area contributed by atoms with Crippen molar-refractivity contribution in [2.45, 2.75) is 19.4 Å². The van der Waals surface area contributed by atoms with Gasteiger partial charge in [-0.1, -0.05) is 6.07 Å². The van der Waals surface area contributed by atoms with Crippen LogP contribution in [0, 0.1) is 5.92 Å². The normalized spacial score (nSPS) is 14.4. The molecule has 106 valence electrons. The summed E-state index contributed by atoms with van der Waals surface area (Å²) in [6.07, 6.45) is 1.97. The predicted octanol–water partition coefficient (Wildman–Crippen LogP) is 0.836. The van der Waals surface area contributed by atoms with E-state index in [0.29, 0.717) is 18.9 Å². The van der Waals surface area contributed by atoms with Gasteiger partial charge in [0.15, 0.2) is 5.82 Å². The van der Waals surface area contributed by atoms with E-state index in [1.807, 2.05) is 17.5 Å². The fourth-order valence-corrected chi connectivity index (χ4v) is 2.77. The number of hydrogen-bond donors (Lipinski definition) is 1. The van der Waals surface area contributed by atoms with E-state index in [0.717, 1.165) is 17.7 Å². The van der Waals surface area contributed by atoms with E-state index < -0.39 is 0 Å². The van der Waals surface area contributed by atoms with E-state index in [2.05, 4.69) is 10.4 Å². The van der Waals surface area contributed by atoms with Crippen LogP contribution in [0.2, 0.25) is 0 Å². The maximum atomic E-state index is 12.1. The Labute approximate surface area is 120 Å². The third kappa shape index (κ3) is 2.53. The Bertz CT molecular complexity index is 667. The lowest BCUT2D eigenvalue weighted by atomic mass is 10.4. The van der Waals surface area contributed by atoms with Gasteiger partial charge in [0.1, 0.15) is 0 Å². The maximum Gasteiger partial charge on any atom is 0.346 e. The zero-order valence-corrected chi connectivity index (χ0v) is 12.0. The van der Waals surface area contributed by atoms with Gasteiger partial charge < -0.3 is 5.32 Å². The Balaban J connectivity index is 1.69. The number of nitrogens with one attached hydrogen (secondary N) is 1. The molecule has 1 saturated carbocycles. The number of carbonyl (C=O) groups excluding carboxylic acids is 1. The Hall–Kier alpha value is -1.89. The first-order valence-electron chi connectivity index (χ1n) is 6.62. The number of thiophene rings is 1. The summed E-state index contributed by atoms with van der Waals surface area (Å²) in [6.45, 7) is 0.840. The lowest BCUT2D eigenvalue weighted by molar-refractivity contribution is -0.122. The average molecular weight is 292 g/mol.